The molecule has 1 aliphatic heterocycles. The summed E-state index contributed by atoms with van der Waals surface area (Å²) in [6, 6.07) is 6.69. The van der Waals surface area contributed by atoms with Crippen LogP contribution in [0.5, 0.6) is 5.75 Å². The minimum Gasteiger partial charge on any atom is -0.493 e. The van der Waals surface area contributed by atoms with Gasteiger partial charge in [-0.25, -0.2) is 0 Å². The van der Waals surface area contributed by atoms with E-state index in [4.69, 9.17) is 10.5 Å². The standard InChI is InChI=1S/C14H20N2O/c15-13-5-2-6-14-12(13)7-10(9-17-14)8-16-11-3-1-4-11/h2,5-6,10-11,16H,1,3-4,7-9,15H2. The Labute approximate surface area is 102 Å². The average Bonchev–Trinajstić information content (AvgIpc) is 2.28. The van der Waals surface area contributed by atoms with Crippen LogP contribution in [0.4, 0.5) is 5.69 Å². The lowest BCUT2D eigenvalue weighted by Crippen LogP contribution is -2.40. The molecule has 0 bridgehead atoms. The third kappa shape index (κ3) is 2.25. The summed E-state index contributed by atoms with van der Waals surface area (Å²) >= 11 is 0. The Morgan fingerprint density at radius 1 is 1.35 bits per heavy atom. The van der Waals surface area contributed by atoms with Crippen molar-refractivity contribution in [1.82, 2.24) is 5.32 Å². The van der Waals surface area contributed by atoms with Crippen LogP contribution in [0.25, 0.3) is 0 Å². The van der Waals surface area contributed by atoms with Gasteiger partial charge in [-0.05, 0) is 31.4 Å². The lowest BCUT2D eigenvalue weighted by molar-refractivity contribution is 0.206. The van der Waals surface area contributed by atoms with Gasteiger partial charge in [0.05, 0.1) is 6.61 Å². The van der Waals surface area contributed by atoms with Crippen molar-refractivity contribution in [1.29, 1.82) is 0 Å². The topological polar surface area (TPSA) is 47.3 Å². The van der Waals surface area contributed by atoms with Crippen molar-refractivity contribution < 1.29 is 4.74 Å². The number of nitrogens with one attached hydrogen (secondary N) is 1. The molecule has 2 aliphatic rings. The molecule has 92 valence electrons. The fraction of sp³-hybridized carbons (Fsp3) is 0.571. The molecule has 3 nitrogen and oxygen atoms in total. The second kappa shape index (κ2) is 4.57. The third-order valence-electron chi connectivity index (χ3n) is 3.94. The van der Waals surface area contributed by atoms with Crippen molar-refractivity contribution in [3.63, 3.8) is 0 Å². The second-order valence-electron chi connectivity index (χ2n) is 5.24. The highest BCUT2D eigenvalue weighted by atomic mass is 16.5. The van der Waals surface area contributed by atoms with Gasteiger partial charge in [-0.2, -0.15) is 0 Å². The second-order valence-corrected chi connectivity index (χ2v) is 5.24. The maximum absolute atomic E-state index is 6.00. The third-order valence-corrected chi connectivity index (χ3v) is 3.94. The molecule has 1 atom stereocenters. The average molecular weight is 232 g/mol. The van der Waals surface area contributed by atoms with Crippen molar-refractivity contribution in [3.05, 3.63) is 23.8 Å². The van der Waals surface area contributed by atoms with E-state index < -0.39 is 0 Å². The zero-order valence-electron chi connectivity index (χ0n) is 10.1. The molecule has 0 amide bonds. The minimum absolute atomic E-state index is 0.563. The summed E-state index contributed by atoms with van der Waals surface area (Å²) in [5.41, 5.74) is 8.06. The predicted octanol–water partition coefficient (Wildman–Crippen LogP) is 1.96. The van der Waals surface area contributed by atoms with Gasteiger partial charge in [0.25, 0.3) is 0 Å². The number of rotatable bonds is 3. The molecule has 1 fully saturated rings. The molecule has 3 heteroatoms. The van der Waals surface area contributed by atoms with Crippen LogP contribution < -0.4 is 15.8 Å². The van der Waals surface area contributed by atoms with E-state index in [-0.39, 0.29) is 0 Å². The molecule has 1 aromatic rings. The summed E-state index contributed by atoms with van der Waals surface area (Å²) in [5, 5.41) is 3.62. The van der Waals surface area contributed by atoms with Gasteiger partial charge < -0.3 is 15.8 Å². The fourth-order valence-electron chi connectivity index (χ4n) is 2.57. The van der Waals surface area contributed by atoms with Crippen molar-refractivity contribution in [2.24, 2.45) is 5.92 Å². The van der Waals surface area contributed by atoms with Crippen LogP contribution in [0.2, 0.25) is 0 Å². The van der Waals surface area contributed by atoms with Crippen LogP contribution in [-0.2, 0) is 6.42 Å². The molecule has 1 aliphatic carbocycles. The molecule has 17 heavy (non-hydrogen) atoms. The Balaban J connectivity index is 1.61. The Kier molecular flexibility index (Phi) is 2.93. The Morgan fingerprint density at radius 3 is 3.00 bits per heavy atom. The first kappa shape index (κ1) is 10.9. The molecule has 1 aromatic carbocycles. The number of fused-ring (bicyclic) bond motifs is 1. The van der Waals surface area contributed by atoms with Gasteiger partial charge in [0, 0.05) is 29.8 Å². The summed E-state index contributed by atoms with van der Waals surface area (Å²) in [7, 11) is 0. The minimum atomic E-state index is 0.563. The molecule has 3 rings (SSSR count). The first-order chi connectivity index (χ1) is 8.33. The van der Waals surface area contributed by atoms with Gasteiger partial charge in [0.1, 0.15) is 5.75 Å². The van der Waals surface area contributed by atoms with E-state index >= 15 is 0 Å². The van der Waals surface area contributed by atoms with E-state index in [9.17, 15) is 0 Å². The van der Waals surface area contributed by atoms with E-state index in [0.717, 1.165) is 37.1 Å². The lowest BCUT2D eigenvalue weighted by atomic mass is 9.91. The highest BCUT2D eigenvalue weighted by Gasteiger charge is 2.23. The van der Waals surface area contributed by atoms with Crippen LogP contribution in [-0.4, -0.2) is 19.2 Å². The van der Waals surface area contributed by atoms with Gasteiger partial charge in [0.15, 0.2) is 0 Å². The lowest BCUT2D eigenvalue weighted by Gasteiger charge is -2.31. The zero-order chi connectivity index (χ0) is 11.7. The van der Waals surface area contributed by atoms with E-state index in [2.05, 4.69) is 5.32 Å². The molecular weight excluding hydrogens is 212 g/mol. The van der Waals surface area contributed by atoms with E-state index in [1.165, 1.54) is 24.8 Å². The first-order valence-corrected chi connectivity index (χ1v) is 6.56. The van der Waals surface area contributed by atoms with Gasteiger partial charge in [0.2, 0.25) is 0 Å². The summed E-state index contributed by atoms with van der Waals surface area (Å²) in [6.07, 6.45) is 5.11. The fourth-order valence-corrected chi connectivity index (χ4v) is 2.57. The summed E-state index contributed by atoms with van der Waals surface area (Å²) < 4.78 is 5.78. The van der Waals surface area contributed by atoms with Crippen LogP contribution >= 0.6 is 0 Å². The summed E-state index contributed by atoms with van der Waals surface area (Å²) in [4.78, 5) is 0. The molecule has 0 saturated heterocycles. The first-order valence-electron chi connectivity index (χ1n) is 6.56. The van der Waals surface area contributed by atoms with Gasteiger partial charge in [-0.3, -0.25) is 0 Å². The van der Waals surface area contributed by atoms with E-state index in [1.54, 1.807) is 0 Å². The monoisotopic (exact) mass is 232 g/mol. The van der Waals surface area contributed by atoms with Crippen LogP contribution in [0.3, 0.4) is 0 Å². The summed E-state index contributed by atoms with van der Waals surface area (Å²) in [6.45, 7) is 1.87. The van der Waals surface area contributed by atoms with Crippen LogP contribution in [0, 0.1) is 5.92 Å². The normalized spacial score (nSPS) is 23.6. The van der Waals surface area contributed by atoms with Crippen LogP contribution in [0.15, 0.2) is 18.2 Å². The summed E-state index contributed by atoms with van der Waals surface area (Å²) in [5.74, 6) is 1.54. The zero-order valence-corrected chi connectivity index (χ0v) is 10.1. The molecule has 1 saturated carbocycles. The van der Waals surface area contributed by atoms with Gasteiger partial charge >= 0.3 is 0 Å². The van der Waals surface area contributed by atoms with Crippen molar-refractivity contribution in [2.75, 3.05) is 18.9 Å². The number of hydrogen-bond acceptors (Lipinski definition) is 3. The smallest absolute Gasteiger partial charge is 0.124 e. The largest absolute Gasteiger partial charge is 0.493 e. The van der Waals surface area contributed by atoms with Crippen molar-refractivity contribution >= 4 is 5.69 Å². The number of benzene rings is 1. The van der Waals surface area contributed by atoms with Crippen molar-refractivity contribution in [2.45, 2.75) is 31.7 Å². The molecule has 1 unspecified atom stereocenters. The van der Waals surface area contributed by atoms with E-state index in [0.29, 0.717) is 5.92 Å². The molecule has 0 spiro atoms. The maximum Gasteiger partial charge on any atom is 0.124 e. The van der Waals surface area contributed by atoms with Crippen molar-refractivity contribution in [3.8, 4) is 5.75 Å². The number of nitrogen functional groups attached to an aromatic ring is 1. The highest BCUT2D eigenvalue weighted by molar-refractivity contribution is 5.55. The Bertz CT molecular complexity index is 401. The Morgan fingerprint density at radius 2 is 2.24 bits per heavy atom. The molecule has 0 radical (unpaired) electrons. The molecular formula is C14H20N2O. The number of anilines is 1. The molecule has 3 N–H and O–H groups in total. The van der Waals surface area contributed by atoms with Gasteiger partial charge in [-0.1, -0.05) is 12.5 Å². The molecule has 0 aromatic heterocycles. The molecule has 1 heterocycles. The number of hydrogen-bond donors (Lipinski definition) is 2. The quantitative estimate of drug-likeness (QED) is 0.783. The number of nitrogens with two attached hydrogens (primary N) is 1. The van der Waals surface area contributed by atoms with Gasteiger partial charge in [-0.15, -0.1) is 0 Å². The van der Waals surface area contributed by atoms with Crippen LogP contribution in [0.1, 0.15) is 24.8 Å². The Hall–Kier alpha value is -1.22. The van der Waals surface area contributed by atoms with E-state index in [1.807, 2.05) is 18.2 Å². The maximum atomic E-state index is 6.00. The number of ether oxygens (including phenoxy) is 1. The SMILES string of the molecule is Nc1cccc2c1CC(CNC1CCC1)CO2. The highest BCUT2D eigenvalue weighted by Crippen LogP contribution is 2.31. The predicted molar refractivity (Wildman–Crippen MR) is 69.2 cm³/mol.